The summed E-state index contributed by atoms with van der Waals surface area (Å²) in [4.78, 5) is 154. The molecule has 1 aliphatic rings. The lowest BCUT2D eigenvalue weighted by atomic mass is 10.00. The molecule has 0 aliphatic carbocycles. The molecule has 34 heteroatoms. The van der Waals surface area contributed by atoms with E-state index in [1.165, 1.54) is 13.8 Å². The van der Waals surface area contributed by atoms with Crippen LogP contribution in [0.25, 0.3) is 0 Å². The van der Waals surface area contributed by atoms with E-state index in [0.717, 1.165) is 12.8 Å². The summed E-state index contributed by atoms with van der Waals surface area (Å²) in [5.41, 5.74) is 29.9. The zero-order valence-electron chi connectivity index (χ0n) is 51.6. The van der Waals surface area contributed by atoms with Gasteiger partial charge in [0, 0.05) is 19.4 Å². The average Bonchev–Trinajstić information content (AvgIpc) is 2.22. The van der Waals surface area contributed by atoms with E-state index in [1.54, 1.807) is 44.2 Å². The summed E-state index contributed by atoms with van der Waals surface area (Å²) in [6.45, 7) is 8.92. The predicted octanol–water partition coefficient (Wildman–Crippen LogP) is -6.29. The standard InChI is InChI=1S/C55H96N16O13.H2O4S/c1-30(2)12-10-11-15-43(74)62-35(16-22-56)50(79)71-45(33(6)73)55(84)67-38(19-25-59)47(76)66-40-21-27-61-54(83)44(32(5)72)70-51(80)39(20-26-60)64-46(75)36(17-23-57)65-52(81)41(28-31(3)4)68-53(82)42(29-34-13-8-7-9-14-34)69-48(77)37(18-24-58)63-49(40)78;1-5(2,3)4/h7-9,13-14,30-33,35-42,44-45,72-73H,10-12,15-29,56-60H2,1-6H3,(H,61,83)(H,62,74)(H,63,78)(H,64,75)(H,65,81)(H,66,76)(H,67,84)(H,68,82)(H,69,77)(H,70,80)(H,71,79);(H2,1,2,3,4)/t32-,33-,35+,36+,37+,38+,39+,40+,41+,42-,44+,45+;/m1./s1. The lowest BCUT2D eigenvalue weighted by Crippen LogP contribution is -2.62. The van der Waals surface area contributed by atoms with Crippen molar-refractivity contribution in [1.29, 1.82) is 0 Å². The fourth-order valence-corrected chi connectivity index (χ4v) is 8.98. The number of aliphatic hydroxyl groups is 2. The van der Waals surface area contributed by atoms with Gasteiger partial charge in [-0.05, 0) is 115 Å². The Balaban J connectivity index is 0.00000759. The maximum atomic E-state index is 14.5. The molecule has 0 spiro atoms. The summed E-state index contributed by atoms with van der Waals surface area (Å²) >= 11 is 0. The minimum absolute atomic E-state index is 0.0181. The highest BCUT2D eigenvalue weighted by atomic mass is 32.3. The largest absolute Gasteiger partial charge is 0.394 e. The Bertz CT molecular complexity index is 2540. The quantitative estimate of drug-likeness (QED) is 0.0274. The van der Waals surface area contributed by atoms with E-state index in [4.69, 9.17) is 46.2 Å². The van der Waals surface area contributed by atoms with Gasteiger partial charge in [-0.15, -0.1) is 0 Å². The van der Waals surface area contributed by atoms with Crippen LogP contribution in [0.5, 0.6) is 0 Å². The van der Waals surface area contributed by atoms with Gasteiger partial charge in [0.2, 0.25) is 65.0 Å². The normalized spacial score (nSPS) is 22.1. The van der Waals surface area contributed by atoms with Crippen molar-refractivity contribution in [2.75, 3.05) is 39.3 Å². The van der Waals surface area contributed by atoms with Gasteiger partial charge in [-0.25, -0.2) is 0 Å². The third-order valence-electron chi connectivity index (χ3n) is 13.6. The number of hydrogen-bond acceptors (Lipinski definition) is 20. The molecule has 1 fully saturated rings. The minimum atomic E-state index is -4.67. The number of nitrogens with two attached hydrogens (primary N) is 5. The first-order chi connectivity index (χ1) is 41.8. The van der Waals surface area contributed by atoms with Crippen LogP contribution < -0.4 is 87.2 Å². The van der Waals surface area contributed by atoms with Crippen molar-refractivity contribution < 1.29 is 80.5 Å². The van der Waals surface area contributed by atoms with Gasteiger partial charge in [0.05, 0.1) is 12.2 Å². The fraction of sp³-hybridized carbons (Fsp3) is 0.691. The molecule has 0 bridgehead atoms. The maximum absolute atomic E-state index is 14.5. The fourth-order valence-electron chi connectivity index (χ4n) is 8.98. The first kappa shape index (κ1) is 80.0. The number of aliphatic hydroxyl groups excluding tert-OH is 2. The number of carbonyl (C=O) groups excluding carboxylic acids is 11. The number of amides is 11. The van der Waals surface area contributed by atoms with Crippen molar-refractivity contribution in [3.05, 3.63) is 35.9 Å². The third kappa shape index (κ3) is 32.3. The first-order valence-electron chi connectivity index (χ1n) is 29.7. The summed E-state index contributed by atoms with van der Waals surface area (Å²) in [6, 6.07) is -6.23. The van der Waals surface area contributed by atoms with Gasteiger partial charge in [-0.2, -0.15) is 8.42 Å². The van der Waals surface area contributed by atoms with E-state index in [1.807, 2.05) is 0 Å². The third-order valence-corrected chi connectivity index (χ3v) is 13.6. The van der Waals surface area contributed by atoms with E-state index in [-0.39, 0.29) is 90.0 Å². The van der Waals surface area contributed by atoms with Crippen LogP contribution in [0.15, 0.2) is 30.3 Å². The Hall–Kier alpha value is -7.02. The average molecular weight is 1290 g/mol. The van der Waals surface area contributed by atoms with Crippen LogP contribution in [0.3, 0.4) is 0 Å². The zero-order valence-corrected chi connectivity index (χ0v) is 52.4. The van der Waals surface area contributed by atoms with E-state index in [2.05, 4.69) is 72.3 Å². The van der Waals surface area contributed by atoms with Gasteiger partial charge in [-0.1, -0.05) is 70.9 Å². The first-order valence-corrected chi connectivity index (χ1v) is 31.1. The molecule has 1 heterocycles. The van der Waals surface area contributed by atoms with Crippen LogP contribution in [0.4, 0.5) is 0 Å². The summed E-state index contributed by atoms with van der Waals surface area (Å²) in [5.74, 6) is -9.52. The summed E-state index contributed by atoms with van der Waals surface area (Å²) < 4.78 is 31.6. The molecule has 1 saturated heterocycles. The van der Waals surface area contributed by atoms with E-state index in [0.29, 0.717) is 17.9 Å². The summed E-state index contributed by atoms with van der Waals surface area (Å²) in [5, 5.41) is 49.6. The van der Waals surface area contributed by atoms with Gasteiger partial charge in [0.25, 0.3) is 0 Å². The highest BCUT2D eigenvalue weighted by molar-refractivity contribution is 7.79. The Morgan fingerprint density at radius 3 is 1.48 bits per heavy atom. The molecule has 0 radical (unpaired) electrons. The zero-order chi connectivity index (χ0) is 67.6. The summed E-state index contributed by atoms with van der Waals surface area (Å²) in [7, 11) is -4.67. The highest BCUT2D eigenvalue weighted by Crippen LogP contribution is 2.12. The van der Waals surface area contributed by atoms with Crippen molar-refractivity contribution in [3.63, 3.8) is 0 Å². The van der Waals surface area contributed by atoms with E-state index >= 15 is 0 Å². The second kappa shape index (κ2) is 42.1. The van der Waals surface area contributed by atoms with Gasteiger partial charge in [0.1, 0.15) is 60.4 Å². The van der Waals surface area contributed by atoms with Gasteiger partial charge < -0.3 is 97.4 Å². The van der Waals surface area contributed by atoms with Crippen molar-refractivity contribution in [2.24, 2.45) is 40.5 Å². The Labute approximate surface area is 519 Å². The van der Waals surface area contributed by atoms with Crippen LogP contribution in [0, 0.1) is 11.8 Å². The van der Waals surface area contributed by atoms with Crippen LogP contribution in [-0.2, 0) is 69.6 Å². The van der Waals surface area contributed by atoms with E-state index < -0.39 is 161 Å². The second-order valence-electron chi connectivity index (χ2n) is 22.4. The molecule has 1 aliphatic heterocycles. The number of nitrogens with one attached hydrogen (secondary N) is 11. The molecule has 89 heavy (non-hydrogen) atoms. The van der Waals surface area contributed by atoms with Crippen LogP contribution >= 0.6 is 0 Å². The molecule has 33 nitrogen and oxygen atoms in total. The molecule has 0 saturated carbocycles. The SMILES string of the molecule is CC(C)CCCCC(=O)N[C@@H](CCN)C(=O)N[C@H](C(=O)N[C@@H](CCN)C(=O)N[C@H]1CCNC(=O)[C@H]([C@@H](C)O)NC(=O)[C@H](CCN)NC(=O)[C@H](CCN)NC(=O)[C@H](CC(C)C)NC(=O)[C@@H](Cc2ccccc2)NC(=O)[C@H](CCN)NC1=O)[C@@H](C)O.O=S(=O)(O)O. The molecule has 1 aromatic carbocycles. The molecular formula is C55H98N16O17S. The van der Waals surface area contributed by atoms with Crippen molar-refractivity contribution >= 4 is 75.4 Å². The molecular weight excluding hydrogens is 1190 g/mol. The lowest BCUT2D eigenvalue weighted by Gasteiger charge is -2.29. The smallest absolute Gasteiger partial charge is 0.391 e. The number of unbranched alkanes of at least 4 members (excludes halogenated alkanes) is 1. The van der Waals surface area contributed by atoms with Gasteiger partial charge in [0.15, 0.2) is 0 Å². The van der Waals surface area contributed by atoms with Crippen LogP contribution in [-0.4, -0.2) is 205 Å². The van der Waals surface area contributed by atoms with Crippen LogP contribution in [0.2, 0.25) is 0 Å². The Morgan fingerprint density at radius 2 is 1.01 bits per heavy atom. The minimum Gasteiger partial charge on any atom is -0.391 e. The highest BCUT2D eigenvalue weighted by Gasteiger charge is 2.37. The molecule has 506 valence electrons. The number of rotatable bonds is 28. The molecule has 11 amide bonds. The Kier molecular flexibility index (Phi) is 37.8. The van der Waals surface area contributed by atoms with Gasteiger partial charge in [-0.3, -0.25) is 61.8 Å². The predicted molar refractivity (Wildman–Crippen MR) is 326 cm³/mol. The molecule has 12 atom stereocenters. The van der Waals surface area contributed by atoms with Crippen molar-refractivity contribution in [2.45, 2.75) is 191 Å². The summed E-state index contributed by atoms with van der Waals surface area (Å²) in [6.07, 6.45) is -2.10. The van der Waals surface area contributed by atoms with Crippen molar-refractivity contribution in [1.82, 2.24) is 58.5 Å². The topological polar surface area (TPSA) is 565 Å². The van der Waals surface area contributed by atoms with Crippen LogP contribution in [0.1, 0.15) is 118 Å². The second-order valence-corrected chi connectivity index (χ2v) is 23.3. The molecule has 2 rings (SSSR count). The molecule has 1 aromatic rings. The lowest BCUT2D eigenvalue weighted by molar-refractivity contribution is -0.137. The Morgan fingerprint density at radius 1 is 0.551 bits per heavy atom. The number of hydrogen-bond donors (Lipinski definition) is 20. The molecule has 0 unspecified atom stereocenters. The van der Waals surface area contributed by atoms with Gasteiger partial charge >= 0.3 is 10.4 Å². The number of benzene rings is 1. The van der Waals surface area contributed by atoms with E-state index in [9.17, 15) is 63.0 Å². The van der Waals surface area contributed by atoms with Crippen molar-refractivity contribution in [3.8, 4) is 0 Å². The monoisotopic (exact) mass is 1290 g/mol. The molecule has 25 N–H and O–H groups in total. The number of carbonyl (C=O) groups is 11. The molecule has 0 aromatic heterocycles. The maximum Gasteiger partial charge on any atom is 0.394 e.